The second kappa shape index (κ2) is 3.93. The van der Waals surface area contributed by atoms with Crippen LogP contribution < -0.4 is 0 Å². The molecule has 1 fully saturated rings. The van der Waals surface area contributed by atoms with Crippen LogP contribution in [0.4, 0.5) is 0 Å². The largest absolute Gasteiger partial charge is 0.300 e. The van der Waals surface area contributed by atoms with Crippen molar-refractivity contribution in [3.8, 4) is 0 Å². The van der Waals surface area contributed by atoms with Crippen molar-refractivity contribution in [1.82, 2.24) is 9.88 Å². The molecule has 1 unspecified atom stereocenters. The zero-order chi connectivity index (χ0) is 10.1. The average molecular weight is 202 g/mol. The molecule has 1 saturated heterocycles. The van der Waals surface area contributed by atoms with E-state index in [1.165, 1.54) is 56.5 Å². The van der Waals surface area contributed by atoms with Crippen molar-refractivity contribution in [2.45, 2.75) is 38.1 Å². The van der Waals surface area contributed by atoms with Gasteiger partial charge in [-0.05, 0) is 50.4 Å². The monoisotopic (exact) mass is 202 g/mol. The topological polar surface area (TPSA) is 16.1 Å². The summed E-state index contributed by atoms with van der Waals surface area (Å²) >= 11 is 0. The smallest absolute Gasteiger partial charge is 0.0451 e. The van der Waals surface area contributed by atoms with Gasteiger partial charge < -0.3 is 0 Å². The molecule has 2 nitrogen and oxygen atoms in total. The minimum Gasteiger partial charge on any atom is -0.300 e. The molecule has 3 rings (SSSR count). The number of rotatable bonds is 1. The van der Waals surface area contributed by atoms with Crippen LogP contribution in [0.3, 0.4) is 0 Å². The van der Waals surface area contributed by atoms with Crippen LogP contribution in [0.2, 0.25) is 0 Å². The van der Waals surface area contributed by atoms with Gasteiger partial charge in [-0.15, -0.1) is 0 Å². The third-order valence-corrected chi connectivity index (χ3v) is 3.82. The Balaban J connectivity index is 1.76. The number of hydrogen-bond donors (Lipinski definition) is 0. The van der Waals surface area contributed by atoms with Gasteiger partial charge in [0.25, 0.3) is 0 Å². The first-order valence-corrected chi connectivity index (χ1v) is 6.10. The second-order valence-electron chi connectivity index (χ2n) is 4.75. The predicted octanol–water partition coefficient (Wildman–Crippen LogP) is 2.03. The SMILES string of the molecule is c1cnc2c(c1)CCC(N1CCCC1)C2. The highest BCUT2D eigenvalue weighted by atomic mass is 15.2. The Hall–Kier alpha value is -0.890. The molecule has 2 heteroatoms. The molecule has 1 atom stereocenters. The van der Waals surface area contributed by atoms with E-state index in [2.05, 4.69) is 22.0 Å². The molecule has 15 heavy (non-hydrogen) atoms. The average Bonchev–Trinajstić information content (AvgIpc) is 2.82. The molecule has 1 aliphatic heterocycles. The summed E-state index contributed by atoms with van der Waals surface area (Å²) in [6.45, 7) is 2.62. The number of aryl methyl sites for hydroxylation is 1. The summed E-state index contributed by atoms with van der Waals surface area (Å²) in [7, 11) is 0. The van der Waals surface area contributed by atoms with Crippen LogP contribution in [0, 0.1) is 0 Å². The highest BCUT2D eigenvalue weighted by Gasteiger charge is 2.26. The lowest BCUT2D eigenvalue weighted by atomic mass is 9.91. The Morgan fingerprint density at radius 3 is 3.00 bits per heavy atom. The summed E-state index contributed by atoms with van der Waals surface area (Å²) in [5.41, 5.74) is 2.83. The maximum absolute atomic E-state index is 4.51. The third-order valence-electron chi connectivity index (χ3n) is 3.82. The number of aromatic nitrogens is 1. The van der Waals surface area contributed by atoms with Crippen molar-refractivity contribution < 1.29 is 0 Å². The van der Waals surface area contributed by atoms with E-state index in [1.807, 2.05) is 6.20 Å². The van der Waals surface area contributed by atoms with Gasteiger partial charge in [0.05, 0.1) is 0 Å². The molecule has 1 aromatic heterocycles. The van der Waals surface area contributed by atoms with Crippen LogP contribution in [0.25, 0.3) is 0 Å². The van der Waals surface area contributed by atoms with Crippen molar-refractivity contribution in [1.29, 1.82) is 0 Å². The highest BCUT2D eigenvalue weighted by Crippen LogP contribution is 2.25. The van der Waals surface area contributed by atoms with Crippen molar-refractivity contribution >= 4 is 0 Å². The van der Waals surface area contributed by atoms with Gasteiger partial charge in [0.1, 0.15) is 0 Å². The fourth-order valence-electron chi connectivity index (χ4n) is 2.95. The Bertz CT molecular complexity index is 342. The van der Waals surface area contributed by atoms with E-state index < -0.39 is 0 Å². The first-order valence-electron chi connectivity index (χ1n) is 6.10. The molecule has 0 spiro atoms. The molecule has 2 heterocycles. The number of hydrogen-bond acceptors (Lipinski definition) is 2. The van der Waals surface area contributed by atoms with Gasteiger partial charge in [-0.25, -0.2) is 0 Å². The lowest BCUT2D eigenvalue weighted by Crippen LogP contribution is -2.37. The summed E-state index contributed by atoms with van der Waals surface area (Å²) < 4.78 is 0. The van der Waals surface area contributed by atoms with Gasteiger partial charge in [-0.3, -0.25) is 9.88 Å². The quantitative estimate of drug-likeness (QED) is 0.692. The lowest BCUT2D eigenvalue weighted by Gasteiger charge is -2.31. The molecule has 0 aromatic carbocycles. The minimum absolute atomic E-state index is 0.773. The summed E-state index contributed by atoms with van der Waals surface area (Å²) in [5, 5.41) is 0. The van der Waals surface area contributed by atoms with E-state index in [0.29, 0.717) is 0 Å². The fraction of sp³-hybridized carbons (Fsp3) is 0.615. The van der Waals surface area contributed by atoms with Gasteiger partial charge in [-0.1, -0.05) is 6.07 Å². The molecule has 1 aromatic rings. The lowest BCUT2D eigenvalue weighted by molar-refractivity contribution is 0.220. The van der Waals surface area contributed by atoms with Crippen molar-refractivity contribution in [2.75, 3.05) is 13.1 Å². The predicted molar refractivity (Wildman–Crippen MR) is 60.9 cm³/mol. The van der Waals surface area contributed by atoms with Gasteiger partial charge in [-0.2, -0.15) is 0 Å². The van der Waals surface area contributed by atoms with Gasteiger partial charge >= 0.3 is 0 Å². The first kappa shape index (κ1) is 9.34. The molecule has 2 aliphatic rings. The summed E-state index contributed by atoms with van der Waals surface area (Å²) in [6, 6.07) is 5.08. The Morgan fingerprint density at radius 1 is 1.27 bits per heavy atom. The highest BCUT2D eigenvalue weighted by molar-refractivity contribution is 5.23. The maximum atomic E-state index is 4.51. The van der Waals surface area contributed by atoms with E-state index in [1.54, 1.807) is 0 Å². The Kier molecular flexibility index (Phi) is 2.45. The maximum Gasteiger partial charge on any atom is 0.0451 e. The Labute approximate surface area is 91.3 Å². The van der Waals surface area contributed by atoms with Gasteiger partial charge in [0, 0.05) is 24.4 Å². The second-order valence-corrected chi connectivity index (χ2v) is 4.75. The Morgan fingerprint density at radius 2 is 2.13 bits per heavy atom. The van der Waals surface area contributed by atoms with E-state index in [4.69, 9.17) is 0 Å². The van der Waals surface area contributed by atoms with Crippen LogP contribution >= 0.6 is 0 Å². The van der Waals surface area contributed by atoms with Gasteiger partial charge in [0.15, 0.2) is 0 Å². The number of fused-ring (bicyclic) bond motifs is 1. The molecule has 0 saturated carbocycles. The van der Waals surface area contributed by atoms with Crippen molar-refractivity contribution in [3.05, 3.63) is 29.6 Å². The molecule has 0 bridgehead atoms. The van der Waals surface area contributed by atoms with Crippen LogP contribution in [0.1, 0.15) is 30.5 Å². The van der Waals surface area contributed by atoms with Crippen molar-refractivity contribution in [2.24, 2.45) is 0 Å². The minimum atomic E-state index is 0.773. The zero-order valence-corrected chi connectivity index (χ0v) is 9.15. The van der Waals surface area contributed by atoms with E-state index >= 15 is 0 Å². The number of pyridine rings is 1. The summed E-state index contributed by atoms with van der Waals surface area (Å²) in [5.74, 6) is 0. The van der Waals surface area contributed by atoms with Gasteiger partial charge in [0.2, 0.25) is 0 Å². The molecule has 1 aliphatic carbocycles. The van der Waals surface area contributed by atoms with E-state index in [-0.39, 0.29) is 0 Å². The van der Waals surface area contributed by atoms with E-state index in [9.17, 15) is 0 Å². The molecule has 80 valence electrons. The van der Waals surface area contributed by atoms with Crippen LogP contribution in [-0.2, 0) is 12.8 Å². The molecular weight excluding hydrogens is 184 g/mol. The normalized spacial score (nSPS) is 26.5. The van der Waals surface area contributed by atoms with E-state index in [0.717, 1.165) is 6.04 Å². The summed E-state index contributed by atoms with van der Waals surface area (Å²) in [6.07, 6.45) is 8.46. The van der Waals surface area contributed by atoms with Crippen LogP contribution in [0.15, 0.2) is 18.3 Å². The molecule has 0 amide bonds. The first-order chi connectivity index (χ1) is 7.43. The molecule has 0 N–H and O–H groups in total. The molecular formula is C13H18N2. The van der Waals surface area contributed by atoms with Crippen LogP contribution in [-0.4, -0.2) is 29.0 Å². The molecule has 0 radical (unpaired) electrons. The number of likely N-dealkylation sites (tertiary alicyclic amines) is 1. The third kappa shape index (κ3) is 1.78. The number of nitrogens with zero attached hydrogens (tertiary/aromatic N) is 2. The summed E-state index contributed by atoms with van der Waals surface area (Å²) in [4.78, 5) is 7.18. The zero-order valence-electron chi connectivity index (χ0n) is 9.15. The fourth-order valence-corrected chi connectivity index (χ4v) is 2.95. The van der Waals surface area contributed by atoms with Crippen LogP contribution in [0.5, 0.6) is 0 Å². The van der Waals surface area contributed by atoms with Crippen molar-refractivity contribution in [3.63, 3.8) is 0 Å². The standard InChI is InChI=1S/C13H18N2/c1-2-9-15(8-1)12-6-5-11-4-3-7-14-13(11)10-12/h3-4,7,12H,1-2,5-6,8-10H2.